The number of benzene rings is 1. The van der Waals surface area contributed by atoms with Crippen LogP contribution in [0.25, 0.3) is 0 Å². The summed E-state index contributed by atoms with van der Waals surface area (Å²) in [4.78, 5) is 19.1. The molecule has 0 spiro atoms. The quantitative estimate of drug-likeness (QED) is 0.919. The fraction of sp³-hybridized carbons (Fsp3) is 0.375. The number of amides is 1. The number of nitrogens with one attached hydrogen (secondary N) is 1. The van der Waals surface area contributed by atoms with Gasteiger partial charge in [0, 0.05) is 29.2 Å². The van der Waals surface area contributed by atoms with Crippen molar-refractivity contribution in [1.29, 1.82) is 0 Å². The first-order valence-electron chi connectivity index (χ1n) is 7.44. The Balaban J connectivity index is 1.65. The Kier molecular flexibility index (Phi) is 5.27. The number of thiazole rings is 1. The first kappa shape index (κ1) is 16.4. The van der Waals surface area contributed by atoms with Crippen molar-refractivity contribution in [2.45, 2.75) is 13.5 Å². The van der Waals surface area contributed by atoms with Crippen molar-refractivity contribution < 1.29 is 9.53 Å². The molecule has 5 nitrogen and oxygen atoms in total. The molecule has 0 aliphatic carbocycles. The second kappa shape index (κ2) is 7.40. The molecule has 1 aromatic heterocycles. The fourth-order valence-electron chi connectivity index (χ4n) is 2.35. The van der Waals surface area contributed by atoms with E-state index in [-0.39, 0.29) is 5.91 Å². The number of nitrogens with zero attached hydrogens (tertiary/aromatic N) is 2. The Bertz CT molecular complexity index is 698. The summed E-state index contributed by atoms with van der Waals surface area (Å²) in [6, 6.07) is 5.43. The molecule has 23 heavy (non-hydrogen) atoms. The summed E-state index contributed by atoms with van der Waals surface area (Å²) in [5, 5.41) is 6.21. The van der Waals surface area contributed by atoms with E-state index in [2.05, 4.69) is 15.2 Å². The number of morpholine rings is 1. The molecule has 1 aliphatic rings. The van der Waals surface area contributed by atoms with Gasteiger partial charge in [0.1, 0.15) is 10.7 Å². The van der Waals surface area contributed by atoms with Gasteiger partial charge in [-0.1, -0.05) is 17.7 Å². The van der Waals surface area contributed by atoms with Crippen LogP contribution in [0.4, 0.5) is 5.69 Å². The maximum Gasteiger partial charge on any atom is 0.275 e. The molecular weight excluding hydrogens is 334 g/mol. The number of aromatic nitrogens is 1. The van der Waals surface area contributed by atoms with Gasteiger partial charge in [-0.25, -0.2) is 4.98 Å². The van der Waals surface area contributed by atoms with Crippen LogP contribution in [0.2, 0.25) is 5.02 Å². The van der Waals surface area contributed by atoms with Crippen LogP contribution >= 0.6 is 22.9 Å². The number of anilines is 1. The summed E-state index contributed by atoms with van der Waals surface area (Å²) in [7, 11) is 0. The minimum Gasteiger partial charge on any atom is -0.379 e. The van der Waals surface area contributed by atoms with Crippen LogP contribution in [-0.2, 0) is 11.3 Å². The molecule has 2 aromatic rings. The number of carbonyl (C=O) groups is 1. The average Bonchev–Trinajstić information content (AvgIpc) is 3.00. The lowest BCUT2D eigenvalue weighted by Gasteiger charge is -2.25. The van der Waals surface area contributed by atoms with Crippen LogP contribution in [0, 0.1) is 6.92 Å². The summed E-state index contributed by atoms with van der Waals surface area (Å²) < 4.78 is 5.33. The van der Waals surface area contributed by atoms with Gasteiger partial charge in [0.05, 0.1) is 19.8 Å². The third-order valence-corrected chi connectivity index (χ3v) is 4.76. The normalized spacial score (nSPS) is 15.6. The third kappa shape index (κ3) is 4.29. The Morgan fingerprint density at radius 3 is 3.00 bits per heavy atom. The van der Waals surface area contributed by atoms with Crippen molar-refractivity contribution in [1.82, 2.24) is 9.88 Å². The largest absolute Gasteiger partial charge is 0.379 e. The molecule has 0 unspecified atom stereocenters. The molecule has 2 heterocycles. The SMILES string of the molecule is Cc1ccc(Cl)cc1NC(=O)c1csc(CN2CCOCC2)n1. The lowest BCUT2D eigenvalue weighted by molar-refractivity contribution is 0.0341. The van der Waals surface area contributed by atoms with E-state index >= 15 is 0 Å². The van der Waals surface area contributed by atoms with E-state index in [4.69, 9.17) is 16.3 Å². The van der Waals surface area contributed by atoms with Gasteiger partial charge >= 0.3 is 0 Å². The Morgan fingerprint density at radius 2 is 2.22 bits per heavy atom. The van der Waals surface area contributed by atoms with E-state index in [1.54, 1.807) is 17.5 Å². The first-order valence-corrected chi connectivity index (χ1v) is 8.69. The molecule has 1 amide bonds. The van der Waals surface area contributed by atoms with Crippen molar-refractivity contribution in [3.05, 3.63) is 44.9 Å². The molecule has 1 aliphatic heterocycles. The number of aryl methyl sites for hydroxylation is 1. The van der Waals surface area contributed by atoms with Gasteiger partial charge < -0.3 is 10.1 Å². The van der Waals surface area contributed by atoms with Gasteiger partial charge in [-0.2, -0.15) is 0 Å². The highest BCUT2D eigenvalue weighted by atomic mass is 35.5. The second-order valence-electron chi connectivity index (χ2n) is 5.43. The molecule has 0 saturated carbocycles. The van der Waals surface area contributed by atoms with Crippen LogP contribution in [0.3, 0.4) is 0 Å². The minimum atomic E-state index is -0.208. The maximum absolute atomic E-state index is 12.3. The maximum atomic E-state index is 12.3. The number of halogens is 1. The molecular formula is C16H18ClN3O2S. The number of carbonyl (C=O) groups excluding carboxylic acids is 1. The topological polar surface area (TPSA) is 54.5 Å². The Hall–Kier alpha value is -1.47. The van der Waals surface area contributed by atoms with Gasteiger partial charge in [-0.05, 0) is 24.6 Å². The highest BCUT2D eigenvalue weighted by molar-refractivity contribution is 7.09. The average molecular weight is 352 g/mol. The van der Waals surface area contributed by atoms with Crippen molar-refractivity contribution in [2.75, 3.05) is 31.6 Å². The van der Waals surface area contributed by atoms with Gasteiger partial charge in [0.15, 0.2) is 0 Å². The van der Waals surface area contributed by atoms with Gasteiger partial charge in [0.2, 0.25) is 0 Å². The van der Waals surface area contributed by atoms with E-state index in [0.717, 1.165) is 43.4 Å². The lowest BCUT2D eigenvalue weighted by atomic mass is 10.2. The Labute approximate surface area is 144 Å². The highest BCUT2D eigenvalue weighted by Gasteiger charge is 2.16. The van der Waals surface area contributed by atoms with E-state index < -0.39 is 0 Å². The summed E-state index contributed by atoms with van der Waals surface area (Å²) in [6.45, 7) is 6.01. The molecule has 122 valence electrons. The Morgan fingerprint density at radius 1 is 1.43 bits per heavy atom. The predicted octanol–water partition coefficient (Wildman–Crippen LogP) is 3.19. The summed E-state index contributed by atoms with van der Waals surface area (Å²) in [5.74, 6) is -0.208. The van der Waals surface area contributed by atoms with E-state index in [1.807, 2.05) is 13.0 Å². The standard InChI is InChI=1S/C16H18ClN3O2S/c1-11-2-3-12(17)8-13(11)19-16(21)14-10-23-15(18-14)9-20-4-6-22-7-5-20/h2-3,8,10H,4-7,9H2,1H3,(H,19,21). The van der Waals surface area contributed by atoms with Crippen molar-refractivity contribution in [3.63, 3.8) is 0 Å². The molecule has 3 rings (SSSR count). The number of rotatable bonds is 4. The summed E-state index contributed by atoms with van der Waals surface area (Å²) in [6.07, 6.45) is 0. The summed E-state index contributed by atoms with van der Waals surface area (Å²) in [5.41, 5.74) is 2.12. The van der Waals surface area contributed by atoms with Gasteiger partial charge in [-0.15, -0.1) is 11.3 Å². The van der Waals surface area contributed by atoms with E-state index in [1.165, 1.54) is 11.3 Å². The van der Waals surface area contributed by atoms with Crippen molar-refractivity contribution in [2.24, 2.45) is 0 Å². The highest BCUT2D eigenvalue weighted by Crippen LogP contribution is 2.21. The molecule has 7 heteroatoms. The van der Waals surface area contributed by atoms with Crippen LogP contribution in [0.5, 0.6) is 0 Å². The molecule has 0 radical (unpaired) electrons. The molecule has 1 saturated heterocycles. The van der Waals surface area contributed by atoms with Crippen molar-refractivity contribution >= 4 is 34.5 Å². The minimum absolute atomic E-state index is 0.208. The lowest BCUT2D eigenvalue weighted by Crippen LogP contribution is -2.35. The zero-order chi connectivity index (χ0) is 16.2. The number of hydrogen-bond acceptors (Lipinski definition) is 5. The van der Waals surface area contributed by atoms with Crippen molar-refractivity contribution in [3.8, 4) is 0 Å². The third-order valence-electron chi connectivity index (χ3n) is 3.69. The molecule has 1 N–H and O–H groups in total. The fourth-order valence-corrected chi connectivity index (χ4v) is 3.34. The van der Waals surface area contributed by atoms with E-state index in [0.29, 0.717) is 16.4 Å². The monoisotopic (exact) mass is 351 g/mol. The summed E-state index contributed by atoms with van der Waals surface area (Å²) >= 11 is 7.49. The zero-order valence-electron chi connectivity index (χ0n) is 12.8. The molecule has 0 atom stereocenters. The van der Waals surface area contributed by atoms with Gasteiger partial charge in [0.25, 0.3) is 5.91 Å². The van der Waals surface area contributed by atoms with Crippen LogP contribution < -0.4 is 5.32 Å². The van der Waals surface area contributed by atoms with Crippen LogP contribution in [0.15, 0.2) is 23.6 Å². The number of hydrogen-bond donors (Lipinski definition) is 1. The molecule has 0 bridgehead atoms. The first-order chi connectivity index (χ1) is 11.1. The second-order valence-corrected chi connectivity index (χ2v) is 6.81. The molecule has 1 fully saturated rings. The smallest absolute Gasteiger partial charge is 0.275 e. The van der Waals surface area contributed by atoms with E-state index in [9.17, 15) is 4.79 Å². The number of ether oxygens (including phenoxy) is 1. The molecule has 1 aromatic carbocycles. The zero-order valence-corrected chi connectivity index (χ0v) is 14.4. The predicted molar refractivity (Wildman–Crippen MR) is 92.4 cm³/mol. The van der Waals surface area contributed by atoms with Crippen LogP contribution in [-0.4, -0.2) is 42.1 Å². The van der Waals surface area contributed by atoms with Gasteiger partial charge in [-0.3, -0.25) is 9.69 Å². The van der Waals surface area contributed by atoms with Crippen LogP contribution in [0.1, 0.15) is 21.1 Å².